The Kier molecular flexibility index (Phi) is 6.62. The van der Waals surface area contributed by atoms with E-state index in [1.165, 1.54) is 24.3 Å². The largest absolute Gasteiger partial charge is 0.345 e. The average Bonchev–Trinajstić information content (AvgIpc) is 2.68. The third kappa shape index (κ3) is 5.08. The highest BCUT2D eigenvalue weighted by molar-refractivity contribution is 7.92. The fourth-order valence-corrected chi connectivity index (χ4v) is 3.76. The van der Waals surface area contributed by atoms with Crippen molar-refractivity contribution < 1.29 is 13.2 Å². The molecule has 146 valence electrons. The van der Waals surface area contributed by atoms with Crippen molar-refractivity contribution in [1.82, 2.24) is 5.32 Å². The van der Waals surface area contributed by atoms with Crippen LogP contribution in [-0.4, -0.2) is 26.4 Å². The van der Waals surface area contributed by atoms with Gasteiger partial charge in [-0.25, -0.2) is 8.42 Å². The molecular formula is C20H27N3O3S. The van der Waals surface area contributed by atoms with Crippen molar-refractivity contribution in [1.29, 1.82) is 0 Å². The van der Waals surface area contributed by atoms with Crippen LogP contribution < -0.4 is 15.8 Å². The first-order valence-corrected chi connectivity index (χ1v) is 10.5. The van der Waals surface area contributed by atoms with Crippen molar-refractivity contribution in [2.45, 2.75) is 44.0 Å². The number of nitrogens with one attached hydrogen (secondary N) is 2. The molecule has 0 aliphatic rings. The number of carbonyl (C=O) groups excluding carboxylic acids is 1. The maximum atomic E-state index is 12.5. The minimum absolute atomic E-state index is 0.0932. The molecule has 0 saturated carbocycles. The molecule has 0 aromatic heterocycles. The maximum Gasteiger partial charge on any atom is 0.261 e. The Morgan fingerprint density at radius 2 is 1.56 bits per heavy atom. The van der Waals surface area contributed by atoms with E-state index in [0.717, 1.165) is 18.4 Å². The molecule has 0 saturated heterocycles. The summed E-state index contributed by atoms with van der Waals surface area (Å²) in [5, 5.41) is 2.97. The lowest BCUT2D eigenvalue weighted by atomic mass is 9.92. The lowest BCUT2D eigenvalue weighted by molar-refractivity contribution is 0.0895. The Morgan fingerprint density at radius 3 is 2.04 bits per heavy atom. The third-order valence-corrected chi connectivity index (χ3v) is 6.25. The highest BCUT2D eigenvalue weighted by Gasteiger charge is 2.27. The molecular weight excluding hydrogens is 362 g/mol. The van der Waals surface area contributed by atoms with Crippen LogP contribution in [0.25, 0.3) is 0 Å². The number of aryl methyl sites for hydroxylation is 1. The van der Waals surface area contributed by atoms with Gasteiger partial charge in [0.05, 0.1) is 10.4 Å². The first-order chi connectivity index (χ1) is 12.7. The van der Waals surface area contributed by atoms with E-state index in [1.807, 2.05) is 32.9 Å². The molecule has 7 heteroatoms. The second kappa shape index (κ2) is 8.54. The fraction of sp³-hybridized carbons (Fsp3) is 0.350. The molecule has 0 aliphatic heterocycles. The zero-order valence-electron chi connectivity index (χ0n) is 16.0. The van der Waals surface area contributed by atoms with Gasteiger partial charge in [0.1, 0.15) is 0 Å². The summed E-state index contributed by atoms with van der Waals surface area (Å²) in [7, 11) is -3.72. The lowest BCUT2D eigenvalue weighted by Crippen LogP contribution is -2.52. The van der Waals surface area contributed by atoms with Crippen molar-refractivity contribution in [3.05, 3.63) is 59.7 Å². The molecule has 2 aromatic rings. The van der Waals surface area contributed by atoms with Crippen LogP contribution in [-0.2, 0) is 10.0 Å². The number of nitrogens with two attached hydrogens (primary N) is 1. The van der Waals surface area contributed by atoms with E-state index in [2.05, 4.69) is 10.0 Å². The number of benzene rings is 2. The lowest BCUT2D eigenvalue weighted by Gasteiger charge is -2.31. The summed E-state index contributed by atoms with van der Waals surface area (Å²) in [6.07, 6.45) is 1.44. The Morgan fingerprint density at radius 1 is 1.00 bits per heavy atom. The Balaban J connectivity index is 2.16. The number of rotatable bonds is 8. The predicted molar refractivity (Wildman–Crippen MR) is 108 cm³/mol. The highest BCUT2D eigenvalue weighted by Crippen LogP contribution is 2.18. The van der Waals surface area contributed by atoms with Crippen LogP contribution in [0.5, 0.6) is 0 Å². The van der Waals surface area contributed by atoms with Gasteiger partial charge >= 0.3 is 0 Å². The standard InChI is InChI=1S/C20H27N3O3S/c1-4-20(5-2,14-21)22-19(24)16-8-12-18(13-9-16)27(25,26)23-17-10-6-15(3)7-11-17/h6-13,23H,4-5,14,21H2,1-3H3,(H,22,24). The molecule has 1 amide bonds. The number of hydrogen-bond acceptors (Lipinski definition) is 4. The molecule has 0 heterocycles. The van der Waals surface area contributed by atoms with Crippen LogP contribution in [0, 0.1) is 6.92 Å². The number of hydrogen-bond donors (Lipinski definition) is 3. The van der Waals surface area contributed by atoms with Crippen molar-refractivity contribution in [2.75, 3.05) is 11.3 Å². The minimum Gasteiger partial charge on any atom is -0.345 e. The molecule has 0 atom stereocenters. The Bertz CT molecular complexity index is 863. The molecule has 2 aromatic carbocycles. The van der Waals surface area contributed by atoms with Gasteiger partial charge in [0.25, 0.3) is 15.9 Å². The molecule has 0 fully saturated rings. The van der Waals surface area contributed by atoms with Gasteiger partial charge in [0.2, 0.25) is 0 Å². The first kappa shape index (κ1) is 20.9. The van der Waals surface area contributed by atoms with Crippen molar-refractivity contribution in [3.63, 3.8) is 0 Å². The van der Waals surface area contributed by atoms with Crippen molar-refractivity contribution >= 4 is 21.6 Å². The normalized spacial score (nSPS) is 11.9. The van der Waals surface area contributed by atoms with Gasteiger partial charge in [0, 0.05) is 17.8 Å². The van der Waals surface area contributed by atoms with Crippen LogP contribution in [0.2, 0.25) is 0 Å². The SMILES string of the molecule is CCC(CC)(CN)NC(=O)c1ccc(S(=O)(=O)Nc2ccc(C)cc2)cc1. The second-order valence-corrected chi connectivity index (χ2v) is 8.32. The van der Waals surface area contributed by atoms with E-state index in [9.17, 15) is 13.2 Å². The topological polar surface area (TPSA) is 101 Å². The third-order valence-electron chi connectivity index (χ3n) is 4.85. The minimum atomic E-state index is -3.72. The van der Waals surface area contributed by atoms with Crippen LogP contribution in [0.1, 0.15) is 42.6 Å². The van der Waals surface area contributed by atoms with E-state index in [1.54, 1.807) is 12.1 Å². The second-order valence-electron chi connectivity index (χ2n) is 6.64. The first-order valence-electron chi connectivity index (χ1n) is 8.97. The molecule has 2 rings (SSSR count). The summed E-state index contributed by atoms with van der Waals surface area (Å²) in [5.41, 5.74) is 7.29. The molecule has 0 spiro atoms. The Labute approximate surface area is 161 Å². The zero-order valence-corrected chi connectivity index (χ0v) is 16.8. The quantitative estimate of drug-likeness (QED) is 0.646. The summed E-state index contributed by atoms with van der Waals surface area (Å²) >= 11 is 0. The van der Waals surface area contributed by atoms with E-state index < -0.39 is 15.6 Å². The van der Waals surface area contributed by atoms with Crippen LogP contribution in [0.4, 0.5) is 5.69 Å². The summed E-state index contributed by atoms with van der Waals surface area (Å²) < 4.78 is 27.5. The molecule has 0 unspecified atom stereocenters. The van der Waals surface area contributed by atoms with Gasteiger partial charge in [-0.3, -0.25) is 9.52 Å². The number of sulfonamides is 1. The van der Waals surface area contributed by atoms with Gasteiger partial charge in [-0.2, -0.15) is 0 Å². The average molecular weight is 390 g/mol. The molecule has 0 radical (unpaired) electrons. The summed E-state index contributed by atoms with van der Waals surface area (Å²) in [4.78, 5) is 12.6. The fourth-order valence-electron chi connectivity index (χ4n) is 2.70. The van der Waals surface area contributed by atoms with Gasteiger partial charge in [-0.15, -0.1) is 0 Å². The van der Waals surface area contributed by atoms with E-state index in [4.69, 9.17) is 5.73 Å². The van der Waals surface area contributed by atoms with Gasteiger partial charge in [-0.05, 0) is 56.2 Å². The van der Waals surface area contributed by atoms with E-state index in [-0.39, 0.29) is 10.8 Å². The number of amides is 1. The summed E-state index contributed by atoms with van der Waals surface area (Å²) in [6, 6.07) is 12.9. The van der Waals surface area contributed by atoms with Gasteiger partial charge in [-0.1, -0.05) is 31.5 Å². The maximum absolute atomic E-state index is 12.5. The van der Waals surface area contributed by atoms with Gasteiger partial charge in [0.15, 0.2) is 0 Å². The monoisotopic (exact) mass is 389 g/mol. The van der Waals surface area contributed by atoms with Crippen molar-refractivity contribution in [2.24, 2.45) is 5.73 Å². The van der Waals surface area contributed by atoms with Crippen LogP contribution in [0.3, 0.4) is 0 Å². The zero-order chi connectivity index (χ0) is 20.1. The molecule has 0 aliphatic carbocycles. The molecule has 0 bridgehead atoms. The Hall–Kier alpha value is -2.38. The molecule has 27 heavy (non-hydrogen) atoms. The summed E-state index contributed by atoms with van der Waals surface area (Å²) in [6.45, 7) is 6.23. The van der Waals surface area contributed by atoms with Crippen LogP contribution >= 0.6 is 0 Å². The number of anilines is 1. The smallest absolute Gasteiger partial charge is 0.261 e. The van der Waals surface area contributed by atoms with E-state index >= 15 is 0 Å². The summed E-state index contributed by atoms with van der Waals surface area (Å²) in [5.74, 6) is -0.264. The number of carbonyl (C=O) groups is 1. The van der Waals surface area contributed by atoms with Gasteiger partial charge < -0.3 is 11.1 Å². The molecule has 6 nitrogen and oxygen atoms in total. The highest BCUT2D eigenvalue weighted by atomic mass is 32.2. The predicted octanol–water partition coefficient (Wildman–Crippen LogP) is 3.04. The van der Waals surface area contributed by atoms with E-state index in [0.29, 0.717) is 17.8 Å². The van der Waals surface area contributed by atoms with Crippen molar-refractivity contribution in [3.8, 4) is 0 Å². The molecule has 4 N–H and O–H groups in total. The van der Waals surface area contributed by atoms with Crippen LogP contribution in [0.15, 0.2) is 53.4 Å².